The van der Waals surface area contributed by atoms with Crippen LogP contribution in [0.2, 0.25) is 0 Å². The quantitative estimate of drug-likeness (QED) is 0.797. The van der Waals surface area contributed by atoms with Crippen LogP contribution in [-0.4, -0.2) is 24.6 Å². The minimum absolute atomic E-state index is 0.155. The molecule has 0 amide bonds. The Hall–Kier alpha value is -1.16. The summed E-state index contributed by atoms with van der Waals surface area (Å²) in [4.78, 5) is 6.21. The Morgan fingerprint density at radius 3 is 2.88 bits per heavy atom. The van der Waals surface area contributed by atoms with Gasteiger partial charge in [0.2, 0.25) is 0 Å². The first-order chi connectivity index (χ1) is 8.33. The number of anilines is 1. The van der Waals surface area contributed by atoms with Gasteiger partial charge in [-0.3, -0.25) is 0 Å². The molecule has 1 aromatic rings. The molecule has 94 valence electrons. The molecule has 0 bridgehead atoms. The molecular formula is C13H20FN3. The summed E-state index contributed by atoms with van der Waals surface area (Å²) in [5.74, 6) is 0.372. The maximum absolute atomic E-state index is 14.2. The summed E-state index contributed by atoms with van der Waals surface area (Å²) in [6.45, 7) is 5.46. The highest BCUT2D eigenvalue weighted by Gasteiger charge is 2.19. The van der Waals surface area contributed by atoms with E-state index < -0.39 is 0 Å². The van der Waals surface area contributed by atoms with Crippen molar-refractivity contribution < 1.29 is 4.39 Å². The number of rotatable bonds is 5. The van der Waals surface area contributed by atoms with Crippen LogP contribution in [0.25, 0.3) is 0 Å². The maximum atomic E-state index is 14.2. The SMILES string of the molecule is CCCNCc1ccnc(N2CCCC2)c1F. The van der Waals surface area contributed by atoms with Crippen LogP contribution < -0.4 is 10.2 Å². The van der Waals surface area contributed by atoms with E-state index in [2.05, 4.69) is 17.2 Å². The van der Waals surface area contributed by atoms with Crippen LogP contribution in [0.15, 0.2) is 12.3 Å². The highest BCUT2D eigenvalue weighted by molar-refractivity contribution is 5.43. The minimum Gasteiger partial charge on any atom is -0.354 e. The van der Waals surface area contributed by atoms with Gasteiger partial charge >= 0.3 is 0 Å². The van der Waals surface area contributed by atoms with E-state index in [0.717, 1.165) is 44.5 Å². The van der Waals surface area contributed by atoms with Gasteiger partial charge in [0, 0.05) is 31.4 Å². The van der Waals surface area contributed by atoms with Crippen molar-refractivity contribution in [3.8, 4) is 0 Å². The van der Waals surface area contributed by atoms with Gasteiger partial charge in [0.05, 0.1) is 0 Å². The third-order valence-electron chi connectivity index (χ3n) is 3.10. The molecule has 2 rings (SSSR count). The van der Waals surface area contributed by atoms with E-state index in [0.29, 0.717) is 12.4 Å². The average molecular weight is 237 g/mol. The topological polar surface area (TPSA) is 28.2 Å². The van der Waals surface area contributed by atoms with Gasteiger partial charge in [-0.25, -0.2) is 9.37 Å². The number of pyridine rings is 1. The van der Waals surface area contributed by atoms with Gasteiger partial charge in [0.15, 0.2) is 11.6 Å². The fourth-order valence-corrected chi connectivity index (χ4v) is 2.16. The lowest BCUT2D eigenvalue weighted by Gasteiger charge is -2.18. The van der Waals surface area contributed by atoms with Gasteiger partial charge in [-0.05, 0) is 31.9 Å². The monoisotopic (exact) mass is 237 g/mol. The fourth-order valence-electron chi connectivity index (χ4n) is 2.16. The Labute approximate surface area is 102 Å². The average Bonchev–Trinajstić information content (AvgIpc) is 2.85. The molecule has 1 aromatic heterocycles. The standard InChI is InChI=1S/C13H20FN3/c1-2-6-15-10-11-5-7-16-13(12(11)14)17-8-3-4-9-17/h5,7,15H,2-4,6,8-10H2,1H3. The highest BCUT2D eigenvalue weighted by Crippen LogP contribution is 2.23. The van der Waals surface area contributed by atoms with E-state index in [-0.39, 0.29) is 5.82 Å². The Balaban J connectivity index is 2.09. The van der Waals surface area contributed by atoms with Crippen LogP contribution in [0.3, 0.4) is 0 Å². The Morgan fingerprint density at radius 1 is 1.41 bits per heavy atom. The molecule has 2 heterocycles. The molecule has 4 heteroatoms. The van der Waals surface area contributed by atoms with Crippen molar-refractivity contribution in [1.82, 2.24) is 10.3 Å². The summed E-state index contributed by atoms with van der Waals surface area (Å²) >= 11 is 0. The Morgan fingerprint density at radius 2 is 2.18 bits per heavy atom. The van der Waals surface area contributed by atoms with Crippen molar-refractivity contribution in [3.63, 3.8) is 0 Å². The summed E-state index contributed by atoms with van der Waals surface area (Å²) < 4.78 is 14.2. The van der Waals surface area contributed by atoms with Crippen molar-refractivity contribution in [1.29, 1.82) is 0 Å². The van der Waals surface area contributed by atoms with E-state index in [9.17, 15) is 4.39 Å². The lowest BCUT2D eigenvalue weighted by molar-refractivity contribution is 0.578. The minimum atomic E-state index is -0.155. The molecule has 0 atom stereocenters. The molecule has 0 unspecified atom stereocenters. The summed E-state index contributed by atoms with van der Waals surface area (Å²) in [7, 11) is 0. The highest BCUT2D eigenvalue weighted by atomic mass is 19.1. The predicted molar refractivity (Wildman–Crippen MR) is 67.6 cm³/mol. The molecule has 0 aliphatic carbocycles. The number of hydrogen-bond donors (Lipinski definition) is 1. The predicted octanol–water partition coefficient (Wildman–Crippen LogP) is 2.32. The van der Waals surface area contributed by atoms with E-state index in [1.165, 1.54) is 0 Å². The molecule has 1 aliphatic rings. The van der Waals surface area contributed by atoms with Gasteiger partial charge in [-0.1, -0.05) is 6.92 Å². The van der Waals surface area contributed by atoms with E-state index >= 15 is 0 Å². The number of halogens is 1. The lowest BCUT2D eigenvalue weighted by Crippen LogP contribution is -2.22. The van der Waals surface area contributed by atoms with Crippen LogP contribution in [0.5, 0.6) is 0 Å². The summed E-state index contributed by atoms with van der Waals surface area (Å²) in [6.07, 6.45) is 5.05. The van der Waals surface area contributed by atoms with Gasteiger partial charge < -0.3 is 10.2 Å². The third kappa shape index (κ3) is 2.94. The number of hydrogen-bond acceptors (Lipinski definition) is 3. The number of nitrogens with zero attached hydrogens (tertiary/aromatic N) is 2. The van der Waals surface area contributed by atoms with Crippen molar-refractivity contribution >= 4 is 5.82 Å². The normalized spacial score (nSPS) is 15.5. The number of aromatic nitrogens is 1. The van der Waals surface area contributed by atoms with Crippen LogP contribution in [0, 0.1) is 5.82 Å². The molecule has 0 spiro atoms. The lowest BCUT2D eigenvalue weighted by atomic mass is 10.2. The summed E-state index contributed by atoms with van der Waals surface area (Å²) in [5, 5.41) is 3.22. The van der Waals surface area contributed by atoms with E-state index in [4.69, 9.17) is 0 Å². The number of nitrogens with one attached hydrogen (secondary N) is 1. The summed E-state index contributed by atoms with van der Waals surface area (Å²) in [6, 6.07) is 1.76. The molecule has 1 fully saturated rings. The van der Waals surface area contributed by atoms with Gasteiger partial charge in [-0.15, -0.1) is 0 Å². The van der Waals surface area contributed by atoms with E-state index in [1.54, 1.807) is 12.3 Å². The molecule has 3 nitrogen and oxygen atoms in total. The van der Waals surface area contributed by atoms with Crippen molar-refractivity contribution in [2.75, 3.05) is 24.5 Å². The molecular weight excluding hydrogens is 217 g/mol. The zero-order valence-corrected chi connectivity index (χ0v) is 10.4. The Bertz CT molecular complexity index is 362. The first-order valence-electron chi connectivity index (χ1n) is 6.42. The van der Waals surface area contributed by atoms with Gasteiger partial charge in [0.25, 0.3) is 0 Å². The van der Waals surface area contributed by atoms with Gasteiger partial charge in [0.1, 0.15) is 0 Å². The molecule has 1 N–H and O–H groups in total. The first kappa shape index (κ1) is 12.3. The maximum Gasteiger partial charge on any atom is 0.170 e. The van der Waals surface area contributed by atoms with E-state index in [1.807, 2.05) is 4.90 Å². The summed E-state index contributed by atoms with van der Waals surface area (Å²) in [5.41, 5.74) is 0.718. The van der Waals surface area contributed by atoms with Gasteiger partial charge in [-0.2, -0.15) is 0 Å². The zero-order chi connectivity index (χ0) is 12.1. The smallest absolute Gasteiger partial charge is 0.170 e. The molecule has 1 saturated heterocycles. The fraction of sp³-hybridized carbons (Fsp3) is 0.615. The second-order valence-electron chi connectivity index (χ2n) is 4.48. The molecule has 0 saturated carbocycles. The van der Waals surface area contributed by atoms with Crippen LogP contribution in [0.1, 0.15) is 31.7 Å². The van der Waals surface area contributed by atoms with Crippen LogP contribution in [0.4, 0.5) is 10.2 Å². The van der Waals surface area contributed by atoms with Crippen molar-refractivity contribution in [2.24, 2.45) is 0 Å². The largest absolute Gasteiger partial charge is 0.354 e. The van der Waals surface area contributed by atoms with Crippen molar-refractivity contribution in [3.05, 3.63) is 23.6 Å². The second-order valence-corrected chi connectivity index (χ2v) is 4.48. The molecule has 1 aliphatic heterocycles. The zero-order valence-electron chi connectivity index (χ0n) is 10.4. The Kier molecular flexibility index (Phi) is 4.31. The van der Waals surface area contributed by atoms with Crippen LogP contribution >= 0.6 is 0 Å². The van der Waals surface area contributed by atoms with Crippen LogP contribution in [-0.2, 0) is 6.54 Å². The molecule has 0 radical (unpaired) electrons. The molecule has 17 heavy (non-hydrogen) atoms. The third-order valence-corrected chi connectivity index (χ3v) is 3.10. The van der Waals surface area contributed by atoms with Crippen molar-refractivity contribution in [2.45, 2.75) is 32.7 Å². The first-order valence-corrected chi connectivity index (χ1v) is 6.42. The molecule has 0 aromatic carbocycles. The second kappa shape index (κ2) is 5.96.